The smallest absolute Gasteiger partial charge is 0.420 e. The number of carboxylic acid groups (broad SMARTS) is 1. The van der Waals surface area contributed by atoms with Crippen molar-refractivity contribution in [2.75, 3.05) is 0 Å². The number of hydrogen-bond donors (Lipinski definition) is 1. The molecular formula is C15H7F6NO5. The van der Waals surface area contributed by atoms with E-state index in [-0.39, 0.29) is 6.07 Å². The summed E-state index contributed by atoms with van der Waals surface area (Å²) in [6.07, 6.45) is -10.8. The van der Waals surface area contributed by atoms with E-state index in [1.807, 2.05) is 0 Å². The monoisotopic (exact) mass is 395 g/mol. The van der Waals surface area contributed by atoms with Gasteiger partial charge in [0.1, 0.15) is 22.6 Å². The number of carboxylic acids is 1. The first-order valence-electron chi connectivity index (χ1n) is 6.79. The molecule has 0 amide bonds. The van der Waals surface area contributed by atoms with Crippen molar-refractivity contribution in [1.82, 2.24) is 0 Å². The number of hydrogen-bond acceptors (Lipinski definition) is 4. The van der Waals surface area contributed by atoms with Crippen LogP contribution in [-0.2, 0) is 12.4 Å². The zero-order valence-corrected chi connectivity index (χ0v) is 12.8. The summed E-state index contributed by atoms with van der Waals surface area (Å²) in [5.74, 6) is -3.63. The molecule has 2 aromatic rings. The lowest BCUT2D eigenvalue weighted by Crippen LogP contribution is -2.17. The highest BCUT2D eigenvalue weighted by Crippen LogP contribution is 2.46. The van der Waals surface area contributed by atoms with Crippen LogP contribution in [0.2, 0.25) is 0 Å². The Hall–Kier alpha value is -3.31. The molecule has 0 radical (unpaired) electrons. The number of aromatic carboxylic acids is 1. The molecule has 0 aliphatic heterocycles. The number of carbonyl (C=O) groups is 1. The predicted octanol–water partition coefficient (Wildman–Crippen LogP) is 5.12. The number of nitro groups is 1. The summed E-state index contributed by atoms with van der Waals surface area (Å²) in [4.78, 5) is 20.8. The average molecular weight is 395 g/mol. The maximum absolute atomic E-state index is 13.2. The van der Waals surface area contributed by atoms with Gasteiger partial charge in [0, 0.05) is 12.1 Å². The lowest BCUT2D eigenvalue weighted by Gasteiger charge is -2.19. The van der Waals surface area contributed by atoms with Gasteiger partial charge in [-0.05, 0) is 18.2 Å². The standard InChI is InChI=1S/C15H7F6NO5/c16-14(17,18)9-2-1-3-11(12(9)15(19,20)21)27-7-4-5-10(22(25)26)8(6-7)13(23)24/h1-6H,(H,23,24). The second kappa shape index (κ2) is 6.78. The molecule has 0 saturated heterocycles. The molecule has 144 valence electrons. The van der Waals surface area contributed by atoms with E-state index in [0.29, 0.717) is 24.3 Å². The van der Waals surface area contributed by atoms with Gasteiger partial charge < -0.3 is 9.84 Å². The molecule has 1 N–H and O–H groups in total. The molecule has 0 spiro atoms. The van der Waals surface area contributed by atoms with Gasteiger partial charge in [-0.2, -0.15) is 26.3 Å². The number of benzene rings is 2. The molecule has 0 aliphatic carbocycles. The van der Waals surface area contributed by atoms with Crippen LogP contribution in [0.4, 0.5) is 32.0 Å². The number of nitro benzene ring substituents is 1. The summed E-state index contributed by atoms with van der Waals surface area (Å²) in [5.41, 5.74) is -5.87. The molecule has 2 aromatic carbocycles. The van der Waals surface area contributed by atoms with Gasteiger partial charge in [0.2, 0.25) is 0 Å². The molecule has 0 saturated carbocycles. The molecule has 0 heterocycles. The van der Waals surface area contributed by atoms with Gasteiger partial charge in [0.15, 0.2) is 0 Å². The highest BCUT2D eigenvalue weighted by Gasteiger charge is 2.45. The fourth-order valence-electron chi connectivity index (χ4n) is 2.18. The molecule has 27 heavy (non-hydrogen) atoms. The van der Waals surface area contributed by atoms with Crippen LogP contribution in [0.25, 0.3) is 0 Å². The van der Waals surface area contributed by atoms with Crippen molar-refractivity contribution in [1.29, 1.82) is 0 Å². The average Bonchev–Trinajstić information content (AvgIpc) is 2.52. The Morgan fingerprint density at radius 3 is 2.15 bits per heavy atom. The molecular weight excluding hydrogens is 388 g/mol. The van der Waals surface area contributed by atoms with Crippen molar-refractivity contribution in [3.05, 3.63) is 63.2 Å². The molecule has 0 fully saturated rings. The fourth-order valence-corrected chi connectivity index (χ4v) is 2.18. The molecule has 0 bridgehead atoms. The Morgan fingerprint density at radius 1 is 1.04 bits per heavy atom. The Bertz CT molecular complexity index is 907. The summed E-state index contributed by atoms with van der Waals surface area (Å²) in [6.45, 7) is 0. The molecule has 0 unspecified atom stereocenters. The number of ether oxygens (including phenoxy) is 1. The summed E-state index contributed by atoms with van der Waals surface area (Å²) in [5, 5.41) is 19.7. The van der Waals surface area contributed by atoms with Crippen molar-refractivity contribution in [2.24, 2.45) is 0 Å². The maximum atomic E-state index is 13.2. The van der Waals surface area contributed by atoms with Crippen molar-refractivity contribution in [3.63, 3.8) is 0 Å². The van der Waals surface area contributed by atoms with Crippen molar-refractivity contribution < 1.29 is 45.9 Å². The third-order valence-corrected chi connectivity index (χ3v) is 3.24. The number of nitrogens with zero attached hydrogens (tertiary/aromatic N) is 1. The second-order valence-electron chi connectivity index (χ2n) is 5.02. The zero-order chi connectivity index (χ0) is 20.6. The van der Waals surface area contributed by atoms with Gasteiger partial charge in [0.25, 0.3) is 5.69 Å². The minimum atomic E-state index is -5.43. The first-order chi connectivity index (χ1) is 12.3. The topological polar surface area (TPSA) is 89.7 Å². The zero-order valence-electron chi connectivity index (χ0n) is 12.8. The summed E-state index contributed by atoms with van der Waals surface area (Å²) in [6, 6.07) is 3.47. The van der Waals surface area contributed by atoms with Crippen LogP contribution in [0.5, 0.6) is 11.5 Å². The predicted molar refractivity (Wildman–Crippen MR) is 76.6 cm³/mol. The first kappa shape index (κ1) is 20.0. The fraction of sp³-hybridized carbons (Fsp3) is 0.133. The Kier molecular flexibility index (Phi) is 5.02. The van der Waals surface area contributed by atoms with Crippen LogP contribution in [-0.4, -0.2) is 16.0 Å². The summed E-state index contributed by atoms with van der Waals surface area (Å²) >= 11 is 0. The minimum absolute atomic E-state index is 0.216. The van der Waals surface area contributed by atoms with E-state index in [4.69, 9.17) is 9.84 Å². The van der Waals surface area contributed by atoms with Gasteiger partial charge in [-0.3, -0.25) is 10.1 Å². The van der Waals surface area contributed by atoms with E-state index in [1.165, 1.54) is 0 Å². The van der Waals surface area contributed by atoms with E-state index < -0.39 is 57.1 Å². The minimum Gasteiger partial charge on any atom is -0.477 e. The third-order valence-electron chi connectivity index (χ3n) is 3.24. The lowest BCUT2D eigenvalue weighted by molar-refractivity contribution is -0.385. The first-order valence-corrected chi connectivity index (χ1v) is 6.79. The van der Waals surface area contributed by atoms with Gasteiger partial charge in [-0.25, -0.2) is 4.79 Å². The SMILES string of the molecule is O=C(O)c1cc(Oc2cccc(C(F)(F)F)c2C(F)(F)F)ccc1[N+](=O)[O-]. The second-order valence-corrected chi connectivity index (χ2v) is 5.02. The Morgan fingerprint density at radius 2 is 1.67 bits per heavy atom. The maximum Gasteiger partial charge on any atom is 0.420 e. The molecule has 2 rings (SSSR count). The van der Waals surface area contributed by atoms with E-state index >= 15 is 0 Å². The Balaban J connectivity index is 2.60. The van der Waals surface area contributed by atoms with E-state index in [2.05, 4.69) is 0 Å². The van der Waals surface area contributed by atoms with E-state index in [1.54, 1.807) is 0 Å². The highest BCUT2D eigenvalue weighted by molar-refractivity contribution is 5.92. The summed E-state index contributed by atoms with van der Waals surface area (Å²) < 4.78 is 83.0. The third kappa shape index (κ3) is 4.27. The largest absolute Gasteiger partial charge is 0.477 e. The van der Waals surface area contributed by atoms with Crippen LogP contribution < -0.4 is 4.74 Å². The molecule has 6 nitrogen and oxygen atoms in total. The van der Waals surface area contributed by atoms with Crippen LogP contribution in [0.15, 0.2) is 36.4 Å². The summed E-state index contributed by atoms with van der Waals surface area (Å²) in [7, 11) is 0. The normalized spacial score (nSPS) is 11.9. The molecule has 0 atom stereocenters. The molecule has 12 heteroatoms. The molecule has 0 aliphatic rings. The highest BCUT2D eigenvalue weighted by atomic mass is 19.4. The number of alkyl halides is 6. The Labute approximate surface area is 145 Å². The number of rotatable bonds is 4. The number of halogens is 6. The quantitative estimate of drug-likeness (QED) is 0.441. The van der Waals surface area contributed by atoms with Gasteiger partial charge in [-0.15, -0.1) is 0 Å². The van der Waals surface area contributed by atoms with Crippen LogP contribution in [0.3, 0.4) is 0 Å². The van der Waals surface area contributed by atoms with Crippen molar-refractivity contribution in [2.45, 2.75) is 12.4 Å². The van der Waals surface area contributed by atoms with E-state index in [9.17, 15) is 41.3 Å². The van der Waals surface area contributed by atoms with E-state index in [0.717, 1.165) is 6.07 Å². The van der Waals surface area contributed by atoms with Crippen LogP contribution in [0.1, 0.15) is 21.5 Å². The van der Waals surface area contributed by atoms with Crippen molar-refractivity contribution in [3.8, 4) is 11.5 Å². The van der Waals surface area contributed by atoms with Crippen LogP contribution in [0, 0.1) is 10.1 Å². The lowest BCUT2D eigenvalue weighted by atomic mass is 10.1. The van der Waals surface area contributed by atoms with Gasteiger partial charge >= 0.3 is 18.3 Å². The van der Waals surface area contributed by atoms with Gasteiger partial charge in [-0.1, -0.05) is 6.07 Å². The molecule has 0 aromatic heterocycles. The van der Waals surface area contributed by atoms with Crippen LogP contribution >= 0.6 is 0 Å². The van der Waals surface area contributed by atoms with Gasteiger partial charge in [0.05, 0.1) is 10.5 Å². The van der Waals surface area contributed by atoms with Crippen molar-refractivity contribution >= 4 is 11.7 Å².